The van der Waals surface area contributed by atoms with Crippen LogP contribution in [0.15, 0.2) is 69.6 Å². The second-order valence-corrected chi connectivity index (χ2v) is 6.37. The molecule has 3 aromatic rings. The molecule has 3 rings (SSSR count). The number of nitriles is 1. The molecule has 0 saturated carbocycles. The number of rotatable bonds is 6. The van der Waals surface area contributed by atoms with Crippen molar-refractivity contribution in [2.75, 3.05) is 7.11 Å². The molecule has 0 fully saturated rings. The Morgan fingerprint density at radius 1 is 1.10 bits per heavy atom. The summed E-state index contributed by atoms with van der Waals surface area (Å²) in [6.07, 6.45) is 0.525. The summed E-state index contributed by atoms with van der Waals surface area (Å²) in [5.41, 5.74) is 1.39. The molecule has 0 saturated heterocycles. The van der Waals surface area contributed by atoms with Crippen molar-refractivity contribution in [2.24, 2.45) is 10.2 Å². The quantitative estimate of drug-likeness (QED) is 0.633. The van der Waals surface area contributed by atoms with Gasteiger partial charge in [-0.1, -0.05) is 30.3 Å². The lowest BCUT2D eigenvalue weighted by atomic mass is 10.1. The zero-order valence-corrected chi connectivity index (χ0v) is 16.2. The molecular weight excluding hydrogens is 368 g/mol. The molecule has 0 unspecified atom stereocenters. The Balaban J connectivity index is 1.98. The molecule has 0 radical (unpaired) electrons. The van der Waals surface area contributed by atoms with E-state index in [0.29, 0.717) is 23.4 Å². The van der Waals surface area contributed by atoms with Gasteiger partial charge in [-0.3, -0.25) is 9.36 Å². The van der Waals surface area contributed by atoms with Crippen LogP contribution in [0.3, 0.4) is 0 Å². The number of benzene rings is 2. The summed E-state index contributed by atoms with van der Waals surface area (Å²) in [5.74, 6) is 0.328. The van der Waals surface area contributed by atoms with Crippen molar-refractivity contribution in [1.82, 2.24) is 4.57 Å². The van der Waals surface area contributed by atoms with Gasteiger partial charge in [0.2, 0.25) is 5.88 Å². The van der Waals surface area contributed by atoms with Gasteiger partial charge in [0.25, 0.3) is 5.56 Å². The lowest BCUT2D eigenvalue weighted by Crippen LogP contribution is -2.22. The summed E-state index contributed by atoms with van der Waals surface area (Å²) in [7, 11) is 1.57. The first-order valence-corrected chi connectivity index (χ1v) is 9.01. The summed E-state index contributed by atoms with van der Waals surface area (Å²) in [6, 6.07) is 18.4. The Kier molecular flexibility index (Phi) is 6.05. The first-order chi connectivity index (χ1) is 14.0. The monoisotopic (exact) mass is 388 g/mol. The van der Waals surface area contributed by atoms with Crippen molar-refractivity contribution in [3.63, 3.8) is 0 Å². The van der Waals surface area contributed by atoms with Crippen LogP contribution in [-0.2, 0) is 13.0 Å². The van der Waals surface area contributed by atoms with Crippen LogP contribution in [0.25, 0.3) is 0 Å². The second kappa shape index (κ2) is 8.85. The number of aryl methyl sites for hydroxylation is 1. The number of aromatic nitrogens is 1. The van der Waals surface area contributed by atoms with Gasteiger partial charge in [-0.15, -0.1) is 5.11 Å². The van der Waals surface area contributed by atoms with Crippen molar-refractivity contribution in [3.05, 3.63) is 81.6 Å². The van der Waals surface area contributed by atoms with Crippen LogP contribution in [-0.4, -0.2) is 16.8 Å². The minimum atomic E-state index is -0.493. The SMILES string of the molecule is COc1ccc(N=Nc2c(C)c(C#N)c(O)n(CCc3ccccc3)c2=O)cc1. The predicted molar refractivity (Wildman–Crippen MR) is 109 cm³/mol. The van der Waals surface area contributed by atoms with E-state index in [2.05, 4.69) is 10.2 Å². The second-order valence-electron chi connectivity index (χ2n) is 6.37. The molecule has 0 bridgehead atoms. The van der Waals surface area contributed by atoms with Gasteiger partial charge >= 0.3 is 0 Å². The van der Waals surface area contributed by atoms with Crippen LogP contribution in [0.1, 0.15) is 16.7 Å². The number of azo groups is 1. The van der Waals surface area contributed by atoms with Gasteiger partial charge in [0.1, 0.15) is 17.4 Å². The molecular formula is C22H20N4O3. The summed E-state index contributed by atoms with van der Waals surface area (Å²) >= 11 is 0. The van der Waals surface area contributed by atoms with Crippen molar-refractivity contribution in [1.29, 1.82) is 5.26 Å². The van der Waals surface area contributed by atoms with Gasteiger partial charge in [-0.2, -0.15) is 10.4 Å². The third-order valence-corrected chi connectivity index (χ3v) is 4.57. The normalized spacial score (nSPS) is 10.8. The topological polar surface area (TPSA) is 100.0 Å². The number of aromatic hydroxyl groups is 1. The number of pyridine rings is 1. The fourth-order valence-electron chi connectivity index (χ4n) is 2.91. The average molecular weight is 388 g/mol. The van der Waals surface area contributed by atoms with Crippen molar-refractivity contribution >= 4 is 11.4 Å². The molecule has 0 aliphatic rings. The van der Waals surface area contributed by atoms with E-state index < -0.39 is 5.56 Å². The summed E-state index contributed by atoms with van der Waals surface area (Å²) in [6.45, 7) is 1.79. The third kappa shape index (κ3) is 4.33. The van der Waals surface area contributed by atoms with Gasteiger partial charge < -0.3 is 9.84 Å². The van der Waals surface area contributed by atoms with Gasteiger partial charge in [-0.05, 0) is 43.2 Å². The molecule has 1 N–H and O–H groups in total. The van der Waals surface area contributed by atoms with Crippen LogP contribution in [0, 0.1) is 18.3 Å². The van der Waals surface area contributed by atoms with Crippen molar-refractivity contribution in [3.8, 4) is 17.7 Å². The Bertz CT molecular complexity index is 1130. The Hall–Kier alpha value is -3.92. The van der Waals surface area contributed by atoms with E-state index in [9.17, 15) is 15.2 Å². The number of methoxy groups -OCH3 is 1. The highest BCUT2D eigenvalue weighted by atomic mass is 16.5. The molecule has 7 nitrogen and oxygen atoms in total. The summed E-state index contributed by atoms with van der Waals surface area (Å²) in [5, 5.41) is 28.1. The van der Waals surface area contributed by atoms with E-state index in [-0.39, 0.29) is 23.7 Å². The fraction of sp³-hybridized carbons (Fsp3) is 0.182. The lowest BCUT2D eigenvalue weighted by Gasteiger charge is -2.13. The van der Waals surface area contributed by atoms with Crippen LogP contribution in [0.2, 0.25) is 0 Å². The molecule has 0 aliphatic heterocycles. The minimum absolute atomic E-state index is 0.0151. The van der Waals surface area contributed by atoms with E-state index in [0.717, 1.165) is 5.56 Å². The molecule has 0 aliphatic carbocycles. The van der Waals surface area contributed by atoms with E-state index in [1.165, 1.54) is 4.57 Å². The smallest absolute Gasteiger partial charge is 0.281 e. The van der Waals surface area contributed by atoms with Gasteiger partial charge in [0.15, 0.2) is 5.69 Å². The average Bonchev–Trinajstić information content (AvgIpc) is 2.75. The molecule has 146 valence electrons. The lowest BCUT2D eigenvalue weighted by molar-refractivity contribution is 0.404. The third-order valence-electron chi connectivity index (χ3n) is 4.57. The van der Waals surface area contributed by atoms with E-state index in [1.807, 2.05) is 36.4 Å². The highest BCUT2D eigenvalue weighted by molar-refractivity contribution is 5.56. The van der Waals surface area contributed by atoms with Gasteiger partial charge in [-0.25, -0.2) is 0 Å². The van der Waals surface area contributed by atoms with E-state index in [1.54, 1.807) is 38.3 Å². The maximum atomic E-state index is 12.9. The number of nitrogens with zero attached hydrogens (tertiary/aromatic N) is 4. The highest BCUT2D eigenvalue weighted by Gasteiger charge is 2.19. The highest BCUT2D eigenvalue weighted by Crippen LogP contribution is 2.27. The fourth-order valence-corrected chi connectivity index (χ4v) is 2.91. The molecule has 7 heteroatoms. The molecule has 1 aromatic heterocycles. The minimum Gasteiger partial charge on any atom is -0.497 e. The largest absolute Gasteiger partial charge is 0.497 e. The van der Waals surface area contributed by atoms with Crippen LogP contribution >= 0.6 is 0 Å². The number of ether oxygens (including phenoxy) is 1. The Morgan fingerprint density at radius 3 is 2.41 bits per heavy atom. The number of hydrogen-bond acceptors (Lipinski definition) is 6. The van der Waals surface area contributed by atoms with Crippen LogP contribution in [0.5, 0.6) is 11.6 Å². The zero-order chi connectivity index (χ0) is 20.8. The molecule has 0 atom stereocenters. The molecule has 0 spiro atoms. The maximum Gasteiger partial charge on any atom is 0.281 e. The standard InChI is InChI=1S/C22H20N4O3/c1-15-19(14-23)21(27)26(13-12-16-6-4-3-5-7-16)22(28)20(15)25-24-17-8-10-18(29-2)11-9-17/h3-11,27H,12-13H2,1-2H3. The molecule has 29 heavy (non-hydrogen) atoms. The van der Waals surface area contributed by atoms with E-state index in [4.69, 9.17) is 4.74 Å². The summed E-state index contributed by atoms with van der Waals surface area (Å²) in [4.78, 5) is 12.9. The van der Waals surface area contributed by atoms with Crippen molar-refractivity contribution in [2.45, 2.75) is 19.9 Å². The van der Waals surface area contributed by atoms with Crippen LogP contribution < -0.4 is 10.3 Å². The Labute approximate surface area is 168 Å². The van der Waals surface area contributed by atoms with E-state index >= 15 is 0 Å². The number of hydrogen-bond donors (Lipinski definition) is 1. The molecule has 1 heterocycles. The van der Waals surface area contributed by atoms with Gasteiger partial charge in [0.05, 0.1) is 12.8 Å². The first-order valence-electron chi connectivity index (χ1n) is 9.01. The maximum absolute atomic E-state index is 12.9. The van der Waals surface area contributed by atoms with Gasteiger partial charge in [0, 0.05) is 12.1 Å². The van der Waals surface area contributed by atoms with Crippen molar-refractivity contribution < 1.29 is 9.84 Å². The molecule has 0 amide bonds. The summed E-state index contributed by atoms with van der Waals surface area (Å²) < 4.78 is 6.27. The van der Waals surface area contributed by atoms with Crippen LogP contribution in [0.4, 0.5) is 11.4 Å². The first kappa shape index (κ1) is 19.8. The predicted octanol–water partition coefficient (Wildman–Crippen LogP) is 4.40. The Morgan fingerprint density at radius 2 is 1.79 bits per heavy atom. The zero-order valence-electron chi connectivity index (χ0n) is 16.2. The molecule has 2 aromatic carbocycles.